The summed E-state index contributed by atoms with van der Waals surface area (Å²) >= 11 is 0. The van der Waals surface area contributed by atoms with Gasteiger partial charge in [-0.25, -0.2) is 0 Å². The van der Waals surface area contributed by atoms with Crippen LogP contribution in [0, 0.1) is 5.92 Å². The van der Waals surface area contributed by atoms with E-state index in [2.05, 4.69) is 5.32 Å². The molecule has 0 heterocycles. The predicted octanol–water partition coefficient (Wildman–Crippen LogP) is 1.57. The number of carbonyl (C=O) groups excluding carboxylic acids is 1. The summed E-state index contributed by atoms with van der Waals surface area (Å²) in [6.07, 6.45) is 3.25. The van der Waals surface area contributed by atoms with Crippen LogP contribution in [-0.4, -0.2) is 23.0 Å². The van der Waals surface area contributed by atoms with Crippen molar-refractivity contribution in [2.45, 2.75) is 38.1 Å². The lowest BCUT2D eigenvalue weighted by atomic mass is 9.85. The van der Waals surface area contributed by atoms with Gasteiger partial charge in [0.05, 0.1) is 12.3 Å². The van der Waals surface area contributed by atoms with Gasteiger partial charge in [-0.3, -0.25) is 9.59 Å². The molecule has 0 bridgehead atoms. The second-order valence-electron chi connectivity index (χ2n) is 5.38. The van der Waals surface area contributed by atoms with Gasteiger partial charge in [0.2, 0.25) is 5.91 Å². The van der Waals surface area contributed by atoms with Crippen molar-refractivity contribution in [2.24, 2.45) is 5.92 Å². The number of nitrogens with two attached hydrogens (primary N) is 1. The van der Waals surface area contributed by atoms with Crippen molar-refractivity contribution in [1.29, 1.82) is 0 Å². The van der Waals surface area contributed by atoms with E-state index in [0.29, 0.717) is 24.9 Å². The fourth-order valence-electron chi connectivity index (χ4n) is 2.64. The number of nitrogen functional groups attached to an aromatic ring is 1. The molecule has 1 aliphatic rings. The molecule has 108 valence electrons. The van der Waals surface area contributed by atoms with Gasteiger partial charge in [-0.1, -0.05) is 18.6 Å². The molecular weight excluding hydrogens is 256 g/mol. The molecule has 1 saturated carbocycles. The highest BCUT2D eigenvalue weighted by molar-refractivity contribution is 5.79. The smallest absolute Gasteiger partial charge is 0.306 e. The van der Waals surface area contributed by atoms with E-state index in [9.17, 15) is 9.59 Å². The molecule has 1 aromatic rings. The van der Waals surface area contributed by atoms with E-state index in [1.165, 1.54) is 0 Å². The van der Waals surface area contributed by atoms with Gasteiger partial charge in [0.15, 0.2) is 0 Å². The SMILES string of the molecule is Nc1ccc(CC(=O)NC2CCCC(C(=O)O)C2)cc1. The minimum Gasteiger partial charge on any atom is -0.481 e. The number of hydrogen-bond acceptors (Lipinski definition) is 3. The minimum absolute atomic E-state index is 0.0221. The van der Waals surface area contributed by atoms with Crippen LogP contribution < -0.4 is 11.1 Å². The molecule has 1 amide bonds. The van der Waals surface area contributed by atoms with Crippen LogP contribution in [0.5, 0.6) is 0 Å². The maximum Gasteiger partial charge on any atom is 0.306 e. The molecule has 0 aromatic heterocycles. The van der Waals surface area contributed by atoms with Gasteiger partial charge >= 0.3 is 5.97 Å². The molecule has 4 N–H and O–H groups in total. The summed E-state index contributed by atoms with van der Waals surface area (Å²) in [4.78, 5) is 22.9. The highest BCUT2D eigenvalue weighted by Gasteiger charge is 2.27. The van der Waals surface area contributed by atoms with Gasteiger partial charge in [-0.15, -0.1) is 0 Å². The Balaban J connectivity index is 1.85. The lowest BCUT2D eigenvalue weighted by molar-refractivity contribution is -0.143. The fraction of sp³-hybridized carbons (Fsp3) is 0.467. The summed E-state index contributed by atoms with van der Waals surface area (Å²) in [5, 5.41) is 12.0. The van der Waals surface area contributed by atoms with Gasteiger partial charge in [-0.2, -0.15) is 0 Å². The number of carboxylic acid groups (broad SMARTS) is 1. The topological polar surface area (TPSA) is 92.4 Å². The molecule has 0 aliphatic heterocycles. The maximum absolute atomic E-state index is 12.0. The van der Waals surface area contributed by atoms with Crippen LogP contribution in [0.2, 0.25) is 0 Å². The molecule has 2 atom stereocenters. The Hall–Kier alpha value is -2.04. The van der Waals surface area contributed by atoms with Crippen LogP contribution in [0.25, 0.3) is 0 Å². The molecule has 0 radical (unpaired) electrons. The predicted molar refractivity (Wildman–Crippen MR) is 76.1 cm³/mol. The first-order chi connectivity index (χ1) is 9.54. The van der Waals surface area contributed by atoms with Crippen LogP contribution in [0.4, 0.5) is 5.69 Å². The zero-order chi connectivity index (χ0) is 14.5. The molecular formula is C15H20N2O3. The van der Waals surface area contributed by atoms with E-state index in [-0.39, 0.29) is 17.9 Å². The first-order valence-electron chi connectivity index (χ1n) is 6.91. The Morgan fingerprint density at radius 1 is 1.25 bits per heavy atom. The largest absolute Gasteiger partial charge is 0.481 e. The van der Waals surface area contributed by atoms with Gasteiger partial charge in [0, 0.05) is 11.7 Å². The summed E-state index contributed by atoms with van der Waals surface area (Å²) < 4.78 is 0. The zero-order valence-electron chi connectivity index (χ0n) is 11.3. The highest BCUT2D eigenvalue weighted by Crippen LogP contribution is 2.24. The Morgan fingerprint density at radius 3 is 2.60 bits per heavy atom. The first kappa shape index (κ1) is 14.4. The van der Waals surface area contributed by atoms with Crippen LogP contribution >= 0.6 is 0 Å². The standard InChI is InChI=1S/C15H20N2O3/c16-12-6-4-10(5-7-12)8-14(18)17-13-3-1-2-11(9-13)15(19)20/h4-7,11,13H,1-3,8-9,16H2,(H,17,18)(H,19,20). The van der Waals surface area contributed by atoms with Crippen LogP contribution in [0.1, 0.15) is 31.2 Å². The summed E-state index contributed by atoms with van der Waals surface area (Å²) in [7, 11) is 0. The maximum atomic E-state index is 12.0. The monoisotopic (exact) mass is 276 g/mol. The molecule has 1 aliphatic carbocycles. The molecule has 5 nitrogen and oxygen atoms in total. The second-order valence-corrected chi connectivity index (χ2v) is 5.38. The van der Waals surface area contributed by atoms with Gasteiger partial charge in [-0.05, 0) is 37.0 Å². The molecule has 20 heavy (non-hydrogen) atoms. The van der Waals surface area contributed by atoms with E-state index in [4.69, 9.17) is 10.8 Å². The van der Waals surface area contributed by atoms with E-state index in [0.717, 1.165) is 18.4 Å². The number of carbonyl (C=O) groups is 2. The Labute approximate surface area is 118 Å². The number of hydrogen-bond donors (Lipinski definition) is 3. The molecule has 2 rings (SSSR count). The van der Waals surface area contributed by atoms with Gasteiger partial charge < -0.3 is 16.2 Å². The van der Waals surface area contributed by atoms with Crippen LogP contribution in [0.15, 0.2) is 24.3 Å². The number of anilines is 1. The quantitative estimate of drug-likeness (QED) is 0.728. The molecule has 1 fully saturated rings. The number of benzene rings is 1. The molecule has 2 unspecified atom stereocenters. The zero-order valence-corrected chi connectivity index (χ0v) is 11.3. The number of nitrogens with one attached hydrogen (secondary N) is 1. The minimum atomic E-state index is -0.762. The lowest BCUT2D eigenvalue weighted by Gasteiger charge is -2.27. The average molecular weight is 276 g/mol. The first-order valence-corrected chi connectivity index (χ1v) is 6.91. The van der Waals surface area contributed by atoms with Gasteiger partial charge in [0.25, 0.3) is 0 Å². The Kier molecular flexibility index (Phi) is 4.61. The number of aliphatic carboxylic acids is 1. The average Bonchev–Trinajstić information content (AvgIpc) is 2.41. The van der Waals surface area contributed by atoms with E-state index >= 15 is 0 Å². The van der Waals surface area contributed by atoms with Crippen molar-refractivity contribution in [3.63, 3.8) is 0 Å². The number of carboxylic acids is 1. The molecule has 5 heteroatoms. The fourth-order valence-corrected chi connectivity index (χ4v) is 2.64. The van der Waals surface area contributed by atoms with Crippen molar-refractivity contribution >= 4 is 17.6 Å². The van der Waals surface area contributed by atoms with E-state index < -0.39 is 5.97 Å². The van der Waals surface area contributed by atoms with Crippen LogP contribution in [-0.2, 0) is 16.0 Å². The highest BCUT2D eigenvalue weighted by atomic mass is 16.4. The third-order valence-corrected chi connectivity index (χ3v) is 3.73. The van der Waals surface area contributed by atoms with Crippen molar-refractivity contribution < 1.29 is 14.7 Å². The Morgan fingerprint density at radius 2 is 1.95 bits per heavy atom. The lowest BCUT2D eigenvalue weighted by Crippen LogP contribution is -2.40. The summed E-state index contributed by atoms with van der Waals surface area (Å²) in [6, 6.07) is 7.17. The third-order valence-electron chi connectivity index (χ3n) is 3.73. The Bertz CT molecular complexity index is 484. The molecule has 0 saturated heterocycles. The summed E-state index contributed by atoms with van der Waals surface area (Å²) in [5.41, 5.74) is 7.17. The number of amides is 1. The van der Waals surface area contributed by atoms with Crippen molar-refractivity contribution in [3.05, 3.63) is 29.8 Å². The third kappa shape index (κ3) is 3.98. The second kappa shape index (κ2) is 6.41. The van der Waals surface area contributed by atoms with Gasteiger partial charge in [0.1, 0.15) is 0 Å². The normalized spacial score (nSPS) is 22.2. The molecule has 1 aromatic carbocycles. The van der Waals surface area contributed by atoms with E-state index in [1.54, 1.807) is 12.1 Å². The summed E-state index contributed by atoms with van der Waals surface area (Å²) in [6.45, 7) is 0. The van der Waals surface area contributed by atoms with Crippen molar-refractivity contribution in [2.75, 3.05) is 5.73 Å². The van der Waals surface area contributed by atoms with E-state index in [1.807, 2.05) is 12.1 Å². The van der Waals surface area contributed by atoms with Crippen LogP contribution in [0.3, 0.4) is 0 Å². The van der Waals surface area contributed by atoms with Crippen molar-refractivity contribution in [3.8, 4) is 0 Å². The number of rotatable bonds is 4. The van der Waals surface area contributed by atoms with Crippen molar-refractivity contribution in [1.82, 2.24) is 5.32 Å². The molecule has 0 spiro atoms. The summed E-state index contributed by atoms with van der Waals surface area (Å²) in [5.74, 6) is -1.15.